The van der Waals surface area contributed by atoms with Crippen molar-refractivity contribution in [2.45, 2.75) is 273 Å². The molecule has 5 aliphatic rings. The van der Waals surface area contributed by atoms with Crippen LogP contribution in [0.15, 0.2) is 203 Å². The molecule has 0 radical (unpaired) electrons. The Labute approximate surface area is 733 Å². The van der Waals surface area contributed by atoms with Gasteiger partial charge in [-0.2, -0.15) is 0 Å². The van der Waals surface area contributed by atoms with Crippen molar-refractivity contribution in [2.24, 2.45) is 10.2 Å². The fourth-order valence-corrected chi connectivity index (χ4v) is 17.0. The van der Waals surface area contributed by atoms with E-state index in [1.54, 1.807) is 30.3 Å². The number of rotatable bonds is 40. The van der Waals surface area contributed by atoms with Gasteiger partial charge in [-0.1, -0.05) is 225 Å². The summed E-state index contributed by atoms with van der Waals surface area (Å²) >= 11 is 3.59. The summed E-state index contributed by atoms with van der Waals surface area (Å²) < 4.78 is 127. The third-order valence-corrected chi connectivity index (χ3v) is 33.2. The molecule has 5 fully saturated rings. The van der Waals surface area contributed by atoms with Crippen LogP contribution >= 0.6 is 15.9 Å². The van der Waals surface area contributed by atoms with Crippen LogP contribution in [0.2, 0.25) is 36.3 Å². The van der Waals surface area contributed by atoms with Crippen molar-refractivity contribution >= 4 is 72.8 Å². The van der Waals surface area contributed by atoms with Crippen molar-refractivity contribution < 1.29 is 109 Å². The smallest absolute Gasteiger partial charge is 0.338 e. The highest BCUT2D eigenvalue weighted by atomic mass is 79.9. The first-order valence-electron chi connectivity index (χ1n) is 42.0. The number of hydrogen-bond donors (Lipinski definition) is 0. The Hall–Kier alpha value is -8.52. The van der Waals surface area contributed by atoms with Gasteiger partial charge in [0.15, 0.2) is 54.0 Å². The van der Waals surface area contributed by atoms with Crippen LogP contribution < -0.4 is 0 Å². The molecule has 2 bridgehead atoms. The molecular formula is C92H113BrN6O23Si2. The first-order valence-corrected chi connectivity index (χ1v) is 48.6. The number of halogens is 1. The van der Waals surface area contributed by atoms with Crippen molar-refractivity contribution in [3.8, 4) is 0 Å². The number of hydrogen-bond acceptors (Lipinski definition) is 25. The number of nitrogens with zero attached hydrogens (tertiary/aromatic N) is 6. The number of benzene rings is 7. The second-order valence-corrected chi connectivity index (χ2v) is 45.3. The normalized spacial score (nSPS) is 27.1. The van der Waals surface area contributed by atoms with Gasteiger partial charge in [-0.15, -0.1) is 0 Å². The van der Waals surface area contributed by atoms with Gasteiger partial charge in [-0.25, -0.2) is 4.79 Å². The molecule has 20 atom stereocenters. The number of carbonyl (C=O) groups is 5. The zero-order chi connectivity index (χ0) is 88.3. The number of azide groups is 2. The van der Waals surface area contributed by atoms with Gasteiger partial charge in [-0.3, -0.25) is 9.59 Å². The Kier molecular flexibility index (Phi) is 33.4. The molecular weight excluding hydrogens is 1690 g/mol. The topological polar surface area (TPSA) is 349 Å². The largest absolute Gasteiger partial charge is 0.459 e. The zero-order valence-electron chi connectivity index (χ0n) is 72.1. The van der Waals surface area contributed by atoms with Crippen molar-refractivity contribution in [3.63, 3.8) is 0 Å². The minimum atomic E-state index is -2.92. The minimum Gasteiger partial charge on any atom is -0.459 e. The molecule has 5 heterocycles. The number of carbonyl (C=O) groups excluding carboxylic acids is 5. The second-order valence-electron chi connectivity index (χ2n) is 34.8. The maximum absolute atomic E-state index is 15.6. The first-order chi connectivity index (χ1) is 59.4. The molecule has 0 spiro atoms. The van der Waals surface area contributed by atoms with E-state index in [4.69, 9.17) is 84.6 Å². The van der Waals surface area contributed by atoms with Crippen LogP contribution in [0.4, 0.5) is 0 Å². The van der Waals surface area contributed by atoms with Crippen molar-refractivity contribution in [1.82, 2.24) is 0 Å². The summed E-state index contributed by atoms with van der Waals surface area (Å²) in [5.74, 6) is -3.18. The summed E-state index contributed by atoms with van der Waals surface area (Å²) in [6.45, 7) is 22.4. The third kappa shape index (κ3) is 25.2. The van der Waals surface area contributed by atoms with Gasteiger partial charge in [0.05, 0.1) is 77.9 Å². The van der Waals surface area contributed by atoms with Crippen molar-refractivity contribution in [1.29, 1.82) is 0 Å². The Morgan fingerprint density at radius 2 is 0.847 bits per heavy atom. The van der Waals surface area contributed by atoms with Crippen LogP contribution in [0.1, 0.15) is 119 Å². The van der Waals surface area contributed by atoms with Crippen LogP contribution in [-0.2, 0) is 137 Å². The number of fused-ring (bicyclic) bond motifs is 3. The quantitative estimate of drug-likeness (QED) is 0.00859. The lowest BCUT2D eigenvalue weighted by atomic mass is 9.94. The Morgan fingerprint density at radius 3 is 1.39 bits per heavy atom. The van der Waals surface area contributed by atoms with Crippen LogP contribution in [-0.4, -0.2) is 195 Å². The van der Waals surface area contributed by atoms with Crippen LogP contribution in [0.5, 0.6) is 0 Å². The molecule has 5 aliphatic heterocycles. The molecule has 0 aliphatic carbocycles. The molecule has 32 heteroatoms. The van der Waals surface area contributed by atoms with Crippen molar-refractivity contribution in [2.75, 3.05) is 26.4 Å². The van der Waals surface area contributed by atoms with E-state index >= 15 is 4.79 Å². The average Bonchev–Trinajstić information content (AvgIpc) is 1.25. The van der Waals surface area contributed by atoms with E-state index in [9.17, 15) is 30.2 Å². The van der Waals surface area contributed by atoms with Gasteiger partial charge in [0.25, 0.3) is 0 Å². The monoisotopic (exact) mass is 1800 g/mol. The highest BCUT2D eigenvalue weighted by molar-refractivity contribution is 9.10. The van der Waals surface area contributed by atoms with E-state index in [0.29, 0.717) is 5.56 Å². The fourth-order valence-electron chi connectivity index (χ4n) is 14.7. The molecule has 7 aromatic carbocycles. The fraction of sp³-hybridized carbons (Fsp3) is 0.511. The third-order valence-electron chi connectivity index (χ3n) is 23.6. The first kappa shape index (κ1) is 94.6. The molecule has 124 heavy (non-hydrogen) atoms. The number of ether oxygens (including phenoxy) is 16. The van der Waals surface area contributed by atoms with Crippen LogP contribution in [0.3, 0.4) is 0 Å². The van der Waals surface area contributed by atoms with E-state index in [1.165, 1.54) is 13.8 Å². The summed E-state index contributed by atoms with van der Waals surface area (Å²) in [4.78, 5) is 76.3. The SMILES string of the molecule is CC(=O)CCC(=O)O[C@@H]1[C@@H]2OC[C@H](O2)[C@@H](O[C@H]2O[C@H](CO[Si](C)(C)C(C)(C)C)[C@@H](O[C@@H]3O[C@H](COCc4ccccc4)[C@@H](O[C@H]4O[C@H](CO[Si](C)(C)C(C)(C)C)[C@@H](OCc5ccc6ccccc6c5)[C@H](OCc5ccc(Br)cc5)[C@H]4N=[N+]=[N-])[C@H](OCc4ccccc4)[C@H]3OC(=O)c3ccccc3)[C@H](OC(=O)CCC(C)=O)[C@H]2N=[N+]=[N-])[C@@H]1OCc1ccccc1. The maximum Gasteiger partial charge on any atom is 0.338 e. The second kappa shape index (κ2) is 43.8. The molecule has 0 saturated carbocycles. The Morgan fingerprint density at radius 1 is 0.427 bits per heavy atom. The summed E-state index contributed by atoms with van der Waals surface area (Å²) in [7, 11) is -5.59. The predicted molar refractivity (Wildman–Crippen MR) is 464 cm³/mol. The summed E-state index contributed by atoms with van der Waals surface area (Å²) in [6, 6.07) is 54.5. The molecule has 7 aromatic rings. The predicted octanol–water partition coefficient (Wildman–Crippen LogP) is 16.7. The number of esters is 3. The zero-order valence-corrected chi connectivity index (χ0v) is 75.7. The highest BCUT2D eigenvalue weighted by Crippen LogP contribution is 2.45. The molecule has 29 nitrogen and oxygen atoms in total. The van der Waals surface area contributed by atoms with E-state index in [0.717, 1.165) is 37.5 Å². The lowest BCUT2D eigenvalue weighted by Crippen LogP contribution is -2.68. The summed E-state index contributed by atoms with van der Waals surface area (Å²) in [5.41, 5.74) is 25.9. The minimum absolute atomic E-state index is 0.00890. The molecule has 0 aromatic heterocycles. The maximum atomic E-state index is 15.6. The molecule has 0 unspecified atom stereocenters. The van der Waals surface area contributed by atoms with Gasteiger partial charge in [0.1, 0.15) is 96.9 Å². The van der Waals surface area contributed by atoms with E-state index in [-0.39, 0.29) is 101 Å². The van der Waals surface area contributed by atoms with E-state index in [2.05, 4.69) is 75.9 Å². The molecule has 664 valence electrons. The standard InChI is InChI=1S/C92H113BrN6O23Si2/c1-57(100)37-45-72(102)117-81-75(97-99-95)88(121-79-69-54-110-89(115-69)84(118-73(103)46-38-58(2)101)82(79)108-49-60-29-19-14-20-30-60)114-71(56-112-124(11,12)92(6,7)8)77(81)122-90-85(119-86(104)65-34-23-16-24-35-65)83(109-50-61-31-21-15-22-32-61)78(68(116-90)53-105-48-59-27-17-13-18-28-59)120-87-74(96-98-94)80(107-51-62-40-43-67(93)44-41-62)76(70(113-87)55-111-123(9,10)91(3,4)5)106-52-63-39-42-64-33-25-26-36-66(64)47-63/h13-36,39-44,47,68-71,74-85,87-90H,37-38,45-46,48-56H2,1-12H3/t68-,69+,70-,71-,74-,75-,76-,77-,78-,79-,80-,81-,82+,83+,84+,85-,87-,88-,89-,90+/m1/s1. The highest BCUT2D eigenvalue weighted by Gasteiger charge is 2.61. The van der Waals surface area contributed by atoms with Gasteiger partial charge in [0.2, 0.25) is 0 Å². The van der Waals surface area contributed by atoms with Crippen LogP contribution in [0.25, 0.3) is 31.7 Å². The average molecular weight is 1810 g/mol. The lowest BCUT2D eigenvalue weighted by Gasteiger charge is -2.51. The lowest BCUT2D eigenvalue weighted by molar-refractivity contribution is -0.376. The Bertz CT molecular complexity index is 4760. The van der Waals surface area contributed by atoms with E-state index < -0.39 is 169 Å². The van der Waals surface area contributed by atoms with Crippen molar-refractivity contribution in [3.05, 3.63) is 247 Å². The molecule has 12 rings (SSSR count). The summed E-state index contributed by atoms with van der Waals surface area (Å²) in [6.07, 6.45) is -26.9. The number of ketones is 2. The van der Waals surface area contributed by atoms with Gasteiger partial charge < -0.3 is 94.2 Å². The van der Waals surface area contributed by atoms with Gasteiger partial charge in [-0.05, 0) is 130 Å². The van der Waals surface area contributed by atoms with E-state index in [1.807, 2.05) is 186 Å². The summed E-state index contributed by atoms with van der Waals surface area (Å²) in [5, 5.41) is 10.2. The Balaban J connectivity index is 1.01. The number of Topliss-reactive ketones (excluding diaryl/α,β-unsaturated/α-hetero) is 2. The van der Waals surface area contributed by atoms with Gasteiger partial charge >= 0.3 is 17.9 Å². The molecule has 5 saturated heterocycles. The van der Waals surface area contributed by atoms with Crippen LogP contribution in [0, 0.1) is 0 Å². The van der Waals surface area contributed by atoms with Gasteiger partial charge in [0, 0.05) is 27.1 Å². The molecule has 0 N–H and O–H groups in total. The molecule has 0 amide bonds.